The van der Waals surface area contributed by atoms with Gasteiger partial charge in [0, 0.05) is 25.2 Å². The predicted octanol–water partition coefficient (Wildman–Crippen LogP) is 1.82. The predicted molar refractivity (Wildman–Crippen MR) is 89.7 cm³/mol. The number of nitro benzene ring substituents is 1. The number of halogens is 1. The lowest BCUT2D eigenvalue weighted by Gasteiger charge is -2.30. The van der Waals surface area contributed by atoms with Crippen LogP contribution in [0.25, 0.3) is 0 Å². The van der Waals surface area contributed by atoms with Crippen molar-refractivity contribution < 1.29 is 28.8 Å². The molecule has 0 saturated carbocycles. The van der Waals surface area contributed by atoms with Gasteiger partial charge in [0.05, 0.1) is 28.5 Å². The Hall–Kier alpha value is -2.68. The Balaban J connectivity index is 1.90. The summed E-state index contributed by atoms with van der Waals surface area (Å²) in [6.07, 6.45) is 0.951. The van der Waals surface area contributed by atoms with Gasteiger partial charge in [-0.25, -0.2) is 4.79 Å². The number of carbonyl (C=O) groups excluding carboxylic acids is 3. The second-order valence-electron chi connectivity index (χ2n) is 5.68. The first-order chi connectivity index (χ1) is 12.3. The van der Waals surface area contributed by atoms with E-state index in [9.17, 15) is 24.5 Å². The van der Waals surface area contributed by atoms with E-state index in [4.69, 9.17) is 16.3 Å². The van der Waals surface area contributed by atoms with E-state index in [0.29, 0.717) is 25.9 Å². The number of hydrogen-bond acceptors (Lipinski definition) is 7. The van der Waals surface area contributed by atoms with Crippen LogP contribution >= 0.6 is 11.6 Å². The van der Waals surface area contributed by atoms with E-state index in [1.807, 2.05) is 0 Å². The zero-order valence-corrected chi connectivity index (χ0v) is 14.7. The van der Waals surface area contributed by atoms with Crippen LogP contribution in [-0.4, -0.2) is 54.5 Å². The average molecular weight is 385 g/mol. The number of ether oxygens (including phenoxy) is 2. The van der Waals surface area contributed by atoms with Crippen LogP contribution in [0.15, 0.2) is 18.2 Å². The van der Waals surface area contributed by atoms with Crippen LogP contribution in [-0.2, 0) is 19.1 Å². The van der Waals surface area contributed by atoms with Crippen molar-refractivity contribution in [3.05, 3.63) is 38.9 Å². The van der Waals surface area contributed by atoms with Gasteiger partial charge in [0.1, 0.15) is 0 Å². The van der Waals surface area contributed by atoms with Crippen LogP contribution < -0.4 is 0 Å². The summed E-state index contributed by atoms with van der Waals surface area (Å²) < 4.78 is 9.60. The Morgan fingerprint density at radius 2 is 1.96 bits per heavy atom. The van der Waals surface area contributed by atoms with Crippen LogP contribution in [0.2, 0.25) is 5.02 Å². The first kappa shape index (κ1) is 19.6. The maximum atomic E-state index is 12.1. The molecule has 0 aliphatic carbocycles. The molecule has 1 saturated heterocycles. The Morgan fingerprint density at radius 1 is 1.31 bits per heavy atom. The number of esters is 2. The van der Waals surface area contributed by atoms with Gasteiger partial charge in [-0.15, -0.1) is 0 Å². The fraction of sp³-hybridized carbons (Fsp3) is 0.438. The number of rotatable bonds is 5. The standard InChI is InChI=1S/C16H17ClN2O7/c1-25-15(21)10-4-6-18(7-5-10)14(20)9-26-16(22)12-8-11(19(23)24)2-3-13(12)17/h2-3,8,10H,4-7,9H2,1H3. The summed E-state index contributed by atoms with van der Waals surface area (Å²) in [7, 11) is 1.32. The average Bonchev–Trinajstić information content (AvgIpc) is 2.65. The lowest BCUT2D eigenvalue weighted by atomic mass is 9.97. The van der Waals surface area contributed by atoms with Gasteiger partial charge in [0.2, 0.25) is 0 Å². The first-order valence-corrected chi connectivity index (χ1v) is 8.18. The number of non-ortho nitro benzene ring substituents is 1. The zero-order chi connectivity index (χ0) is 19.3. The fourth-order valence-corrected chi connectivity index (χ4v) is 2.81. The van der Waals surface area contributed by atoms with E-state index in [1.165, 1.54) is 18.1 Å². The Labute approximate surface area is 154 Å². The summed E-state index contributed by atoms with van der Waals surface area (Å²) in [5.74, 6) is -1.88. The quantitative estimate of drug-likeness (QED) is 0.431. The van der Waals surface area contributed by atoms with Crippen molar-refractivity contribution in [2.24, 2.45) is 5.92 Å². The maximum Gasteiger partial charge on any atom is 0.340 e. The highest BCUT2D eigenvalue weighted by molar-refractivity contribution is 6.33. The topological polar surface area (TPSA) is 116 Å². The van der Waals surface area contributed by atoms with Crippen molar-refractivity contribution in [2.75, 3.05) is 26.8 Å². The highest BCUT2D eigenvalue weighted by Crippen LogP contribution is 2.23. The summed E-state index contributed by atoms with van der Waals surface area (Å²) >= 11 is 5.86. The van der Waals surface area contributed by atoms with Crippen LogP contribution in [0, 0.1) is 16.0 Å². The molecule has 0 unspecified atom stereocenters. The third-order valence-electron chi connectivity index (χ3n) is 4.09. The minimum atomic E-state index is -0.920. The fourth-order valence-electron chi connectivity index (χ4n) is 2.61. The van der Waals surface area contributed by atoms with Crippen molar-refractivity contribution >= 4 is 35.1 Å². The molecule has 1 aromatic rings. The number of nitrogens with zero attached hydrogens (tertiary/aromatic N) is 2. The number of piperidine rings is 1. The number of benzene rings is 1. The third kappa shape index (κ3) is 4.69. The smallest absolute Gasteiger partial charge is 0.340 e. The molecule has 10 heteroatoms. The second kappa shape index (κ2) is 8.61. The molecule has 0 aromatic heterocycles. The summed E-state index contributed by atoms with van der Waals surface area (Å²) in [6, 6.07) is 3.38. The molecule has 0 bridgehead atoms. The molecule has 2 rings (SSSR count). The summed E-state index contributed by atoms with van der Waals surface area (Å²) in [6.45, 7) is 0.197. The third-order valence-corrected chi connectivity index (χ3v) is 4.42. The van der Waals surface area contributed by atoms with Gasteiger partial charge in [-0.05, 0) is 18.9 Å². The van der Waals surface area contributed by atoms with Gasteiger partial charge >= 0.3 is 11.9 Å². The SMILES string of the molecule is COC(=O)C1CCN(C(=O)COC(=O)c2cc([N+](=O)[O-])ccc2Cl)CC1. The van der Waals surface area contributed by atoms with Crippen molar-refractivity contribution in [3.8, 4) is 0 Å². The summed E-state index contributed by atoms with van der Waals surface area (Å²) in [5, 5.41) is 10.8. The normalized spacial score (nSPS) is 14.6. The molecule has 1 aliphatic rings. The van der Waals surface area contributed by atoms with Crippen molar-refractivity contribution in [1.29, 1.82) is 0 Å². The number of hydrogen-bond donors (Lipinski definition) is 0. The van der Waals surface area contributed by atoms with Gasteiger partial charge < -0.3 is 14.4 Å². The van der Waals surface area contributed by atoms with E-state index in [0.717, 1.165) is 12.1 Å². The number of methoxy groups -OCH3 is 1. The Morgan fingerprint density at radius 3 is 2.54 bits per heavy atom. The number of likely N-dealkylation sites (tertiary alicyclic amines) is 1. The van der Waals surface area contributed by atoms with Crippen molar-refractivity contribution in [1.82, 2.24) is 4.90 Å². The second-order valence-corrected chi connectivity index (χ2v) is 6.08. The molecule has 0 atom stereocenters. The number of carbonyl (C=O) groups is 3. The van der Waals surface area contributed by atoms with Gasteiger partial charge in [0.15, 0.2) is 6.61 Å². The molecule has 0 N–H and O–H groups in total. The zero-order valence-electron chi connectivity index (χ0n) is 14.0. The summed E-state index contributed by atoms with van der Waals surface area (Å²) in [5.41, 5.74) is -0.490. The highest BCUT2D eigenvalue weighted by Gasteiger charge is 2.28. The van der Waals surface area contributed by atoms with Gasteiger partial charge in [-0.1, -0.05) is 11.6 Å². The molecular weight excluding hydrogens is 368 g/mol. The lowest BCUT2D eigenvalue weighted by Crippen LogP contribution is -2.42. The lowest BCUT2D eigenvalue weighted by molar-refractivity contribution is -0.384. The molecule has 140 valence electrons. The molecule has 9 nitrogen and oxygen atoms in total. The molecular formula is C16H17ClN2O7. The van der Waals surface area contributed by atoms with Crippen LogP contribution in [0.1, 0.15) is 23.2 Å². The molecule has 1 aromatic carbocycles. The van der Waals surface area contributed by atoms with Crippen LogP contribution in [0.5, 0.6) is 0 Å². The van der Waals surface area contributed by atoms with E-state index in [2.05, 4.69) is 4.74 Å². The van der Waals surface area contributed by atoms with Crippen molar-refractivity contribution in [2.45, 2.75) is 12.8 Å². The Kier molecular flexibility index (Phi) is 6.51. The molecule has 1 aliphatic heterocycles. The van der Waals surface area contributed by atoms with Gasteiger partial charge in [-0.2, -0.15) is 0 Å². The minimum absolute atomic E-state index is 0.00746. The van der Waals surface area contributed by atoms with Crippen LogP contribution in [0.3, 0.4) is 0 Å². The molecule has 1 fully saturated rings. The van der Waals surface area contributed by atoms with E-state index in [1.54, 1.807) is 0 Å². The molecule has 1 amide bonds. The van der Waals surface area contributed by atoms with E-state index < -0.39 is 23.4 Å². The first-order valence-electron chi connectivity index (χ1n) is 7.80. The minimum Gasteiger partial charge on any atom is -0.469 e. The molecule has 26 heavy (non-hydrogen) atoms. The number of amides is 1. The monoisotopic (exact) mass is 384 g/mol. The van der Waals surface area contributed by atoms with Crippen molar-refractivity contribution in [3.63, 3.8) is 0 Å². The van der Waals surface area contributed by atoms with Crippen LogP contribution in [0.4, 0.5) is 5.69 Å². The molecule has 0 radical (unpaired) electrons. The molecule has 1 heterocycles. The highest BCUT2D eigenvalue weighted by atomic mass is 35.5. The van der Waals surface area contributed by atoms with Gasteiger partial charge in [-0.3, -0.25) is 19.7 Å². The summed E-state index contributed by atoms with van der Waals surface area (Å²) in [4.78, 5) is 47.2. The maximum absolute atomic E-state index is 12.1. The largest absolute Gasteiger partial charge is 0.469 e. The Bertz CT molecular complexity index is 729. The number of nitro groups is 1. The van der Waals surface area contributed by atoms with Gasteiger partial charge in [0.25, 0.3) is 11.6 Å². The molecule has 0 spiro atoms. The van der Waals surface area contributed by atoms with E-state index >= 15 is 0 Å². The van der Waals surface area contributed by atoms with E-state index in [-0.39, 0.29) is 28.2 Å².